The second kappa shape index (κ2) is 4.39. The van der Waals surface area contributed by atoms with Crippen LogP contribution in [0.1, 0.15) is 20.8 Å². The second-order valence-electron chi connectivity index (χ2n) is 3.82. The van der Waals surface area contributed by atoms with Crippen molar-refractivity contribution in [3.63, 3.8) is 0 Å². The molecule has 0 rings (SSSR count). The van der Waals surface area contributed by atoms with E-state index in [0.29, 0.717) is 6.08 Å². The van der Waals surface area contributed by atoms with Gasteiger partial charge in [0.05, 0.1) is 6.54 Å². The fourth-order valence-corrected chi connectivity index (χ4v) is 0.576. The van der Waals surface area contributed by atoms with Crippen molar-refractivity contribution in [2.75, 3.05) is 6.54 Å². The summed E-state index contributed by atoms with van der Waals surface area (Å²) in [5.74, 6) is -3.10. The first-order valence-corrected chi connectivity index (χ1v) is 4.14. The van der Waals surface area contributed by atoms with Crippen LogP contribution in [0.2, 0.25) is 0 Å². The molecular formula is C9H15F2NO2. The second-order valence-corrected chi connectivity index (χ2v) is 3.82. The van der Waals surface area contributed by atoms with Gasteiger partial charge in [0.25, 0.3) is 5.92 Å². The molecule has 1 amide bonds. The molecule has 0 aromatic carbocycles. The highest BCUT2D eigenvalue weighted by Gasteiger charge is 2.26. The molecule has 0 saturated heterocycles. The lowest BCUT2D eigenvalue weighted by atomic mass is 10.2. The monoisotopic (exact) mass is 207 g/mol. The first-order chi connectivity index (χ1) is 6.16. The molecule has 0 fully saturated rings. The van der Waals surface area contributed by atoms with Crippen molar-refractivity contribution in [2.24, 2.45) is 0 Å². The lowest BCUT2D eigenvalue weighted by Crippen LogP contribution is -2.38. The molecule has 5 heteroatoms. The number of rotatable bonds is 3. The molecule has 0 unspecified atom stereocenters. The van der Waals surface area contributed by atoms with Gasteiger partial charge in [0.1, 0.15) is 5.60 Å². The van der Waals surface area contributed by atoms with Crippen LogP contribution in [0.25, 0.3) is 0 Å². The van der Waals surface area contributed by atoms with Crippen molar-refractivity contribution in [2.45, 2.75) is 32.3 Å². The molecule has 0 radical (unpaired) electrons. The molecule has 3 nitrogen and oxygen atoms in total. The van der Waals surface area contributed by atoms with Gasteiger partial charge < -0.3 is 10.1 Å². The van der Waals surface area contributed by atoms with Crippen LogP contribution in [-0.2, 0) is 4.74 Å². The molecule has 0 spiro atoms. The van der Waals surface area contributed by atoms with Gasteiger partial charge in [0, 0.05) is 0 Å². The number of nitrogens with one attached hydrogen (secondary N) is 1. The van der Waals surface area contributed by atoms with Gasteiger partial charge in [-0.15, -0.1) is 0 Å². The van der Waals surface area contributed by atoms with E-state index in [-0.39, 0.29) is 0 Å². The van der Waals surface area contributed by atoms with Crippen LogP contribution in [0.4, 0.5) is 13.6 Å². The Balaban J connectivity index is 3.93. The van der Waals surface area contributed by atoms with Crippen molar-refractivity contribution < 1.29 is 18.3 Å². The Kier molecular flexibility index (Phi) is 4.04. The molecule has 14 heavy (non-hydrogen) atoms. The van der Waals surface area contributed by atoms with E-state index in [1.807, 2.05) is 5.32 Å². The molecule has 0 aliphatic carbocycles. The summed E-state index contributed by atoms with van der Waals surface area (Å²) in [6.45, 7) is 7.10. The van der Waals surface area contributed by atoms with Crippen LogP contribution >= 0.6 is 0 Å². The smallest absolute Gasteiger partial charge is 0.407 e. The van der Waals surface area contributed by atoms with Crippen LogP contribution in [0.5, 0.6) is 0 Å². The lowest BCUT2D eigenvalue weighted by Gasteiger charge is -2.20. The van der Waals surface area contributed by atoms with Gasteiger partial charge in [-0.05, 0) is 26.8 Å². The minimum absolute atomic E-state index is 0.477. The van der Waals surface area contributed by atoms with Crippen molar-refractivity contribution in [1.82, 2.24) is 5.32 Å². The summed E-state index contributed by atoms with van der Waals surface area (Å²) in [5.41, 5.74) is -0.687. The van der Waals surface area contributed by atoms with Gasteiger partial charge in [0.2, 0.25) is 0 Å². The molecule has 0 saturated carbocycles. The maximum Gasteiger partial charge on any atom is 0.407 e. The number of hydrogen-bond acceptors (Lipinski definition) is 2. The van der Waals surface area contributed by atoms with E-state index in [9.17, 15) is 13.6 Å². The quantitative estimate of drug-likeness (QED) is 0.721. The van der Waals surface area contributed by atoms with E-state index in [1.54, 1.807) is 20.8 Å². The minimum atomic E-state index is -3.10. The number of carbonyl (C=O) groups is 1. The molecule has 82 valence electrons. The third kappa shape index (κ3) is 6.39. The Labute approximate surface area is 82.1 Å². The average Bonchev–Trinajstić information content (AvgIpc) is 1.98. The third-order valence-corrected chi connectivity index (χ3v) is 1.17. The number of alkyl carbamates (subject to hydrolysis) is 1. The van der Waals surface area contributed by atoms with E-state index < -0.39 is 24.2 Å². The Morgan fingerprint density at radius 2 is 2.00 bits per heavy atom. The average molecular weight is 207 g/mol. The molecule has 0 aromatic heterocycles. The maximum absolute atomic E-state index is 12.6. The van der Waals surface area contributed by atoms with Crippen LogP contribution in [0.3, 0.4) is 0 Å². The summed E-state index contributed by atoms with van der Waals surface area (Å²) in [6, 6.07) is 0. The standard InChI is InChI=1S/C9H15F2NO2/c1-5-9(10,11)6-12-7(13)14-8(2,3)4/h5H,1,6H2,2-4H3,(H,12,13). The van der Waals surface area contributed by atoms with Crippen LogP contribution in [0.15, 0.2) is 12.7 Å². The Bertz CT molecular complexity index is 221. The number of alkyl halides is 2. The number of ether oxygens (including phenoxy) is 1. The highest BCUT2D eigenvalue weighted by atomic mass is 19.3. The summed E-state index contributed by atoms with van der Waals surface area (Å²) < 4.78 is 29.9. The van der Waals surface area contributed by atoms with E-state index in [1.165, 1.54) is 0 Å². The van der Waals surface area contributed by atoms with Gasteiger partial charge in [-0.3, -0.25) is 0 Å². The zero-order chi connectivity index (χ0) is 11.4. The molecule has 0 atom stereocenters. The summed E-state index contributed by atoms with van der Waals surface area (Å²) in [4.78, 5) is 10.9. The van der Waals surface area contributed by atoms with Crippen molar-refractivity contribution in [3.05, 3.63) is 12.7 Å². The summed E-state index contributed by atoms with van der Waals surface area (Å²) >= 11 is 0. The predicted octanol–water partition coefficient (Wildman–Crippen LogP) is 2.33. The molecule has 0 heterocycles. The zero-order valence-corrected chi connectivity index (χ0v) is 8.56. The van der Waals surface area contributed by atoms with Crippen molar-refractivity contribution >= 4 is 6.09 Å². The van der Waals surface area contributed by atoms with Gasteiger partial charge in [-0.2, -0.15) is 0 Å². The molecular weight excluding hydrogens is 192 g/mol. The Hall–Kier alpha value is -1.13. The van der Waals surface area contributed by atoms with E-state index >= 15 is 0 Å². The van der Waals surface area contributed by atoms with Gasteiger partial charge in [0.15, 0.2) is 0 Å². The van der Waals surface area contributed by atoms with Crippen molar-refractivity contribution in [1.29, 1.82) is 0 Å². The first-order valence-electron chi connectivity index (χ1n) is 4.14. The molecule has 0 bridgehead atoms. The largest absolute Gasteiger partial charge is 0.444 e. The lowest BCUT2D eigenvalue weighted by molar-refractivity contribution is 0.0306. The highest BCUT2D eigenvalue weighted by Crippen LogP contribution is 2.13. The first kappa shape index (κ1) is 12.9. The minimum Gasteiger partial charge on any atom is -0.444 e. The highest BCUT2D eigenvalue weighted by molar-refractivity contribution is 5.67. The summed E-state index contributed by atoms with van der Waals surface area (Å²) in [5, 5.41) is 1.95. The van der Waals surface area contributed by atoms with Crippen molar-refractivity contribution in [3.8, 4) is 0 Å². The fourth-order valence-electron chi connectivity index (χ4n) is 0.576. The van der Waals surface area contributed by atoms with Crippen LogP contribution in [-0.4, -0.2) is 24.2 Å². The Morgan fingerprint density at radius 1 is 1.50 bits per heavy atom. The SMILES string of the molecule is C=CC(F)(F)CNC(=O)OC(C)(C)C. The maximum atomic E-state index is 12.6. The molecule has 0 aliphatic rings. The Morgan fingerprint density at radius 3 is 2.36 bits per heavy atom. The predicted molar refractivity (Wildman–Crippen MR) is 49.4 cm³/mol. The summed E-state index contributed by atoms with van der Waals surface area (Å²) in [7, 11) is 0. The molecule has 0 aliphatic heterocycles. The van der Waals surface area contributed by atoms with Crippen LogP contribution < -0.4 is 5.32 Å². The number of hydrogen-bond donors (Lipinski definition) is 1. The molecule has 0 aromatic rings. The van der Waals surface area contributed by atoms with Gasteiger partial charge in [-0.1, -0.05) is 6.58 Å². The van der Waals surface area contributed by atoms with E-state index in [0.717, 1.165) is 0 Å². The van der Waals surface area contributed by atoms with E-state index in [4.69, 9.17) is 4.74 Å². The van der Waals surface area contributed by atoms with Gasteiger partial charge >= 0.3 is 6.09 Å². The van der Waals surface area contributed by atoms with Gasteiger partial charge in [-0.25, -0.2) is 13.6 Å². The zero-order valence-electron chi connectivity index (χ0n) is 8.56. The summed E-state index contributed by atoms with van der Waals surface area (Å²) in [6.07, 6.45) is -0.385. The number of carbonyl (C=O) groups excluding carboxylic acids is 1. The van der Waals surface area contributed by atoms with E-state index in [2.05, 4.69) is 6.58 Å². The number of halogens is 2. The third-order valence-electron chi connectivity index (χ3n) is 1.17. The topological polar surface area (TPSA) is 38.3 Å². The fraction of sp³-hybridized carbons (Fsp3) is 0.667. The number of amides is 1. The molecule has 1 N–H and O–H groups in total. The van der Waals surface area contributed by atoms with Crippen LogP contribution in [0, 0.1) is 0 Å². The normalized spacial score (nSPS) is 12.1.